The van der Waals surface area contributed by atoms with Crippen molar-refractivity contribution >= 4 is 27.7 Å². The summed E-state index contributed by atoms with van der Waals surface area (Å²) >= 11 is 0. The van der Waals surface area contributed by atoms with Crippen LogP contribution in [0, 0.1) is 5.82 Å². The molecule has 8 nitrogen and oxygen atoms in total. The molecule has 1 heterocycles. The van der Waals surface area contributed by atoms with Crippen LogP contribution in [0.1, 0.15) is 48.7 Å². The molecule has 10 heteroatoms. The number of hydrogen-bond acceptors (Lipinski definition) is 5. The first-order chi connectivity index (χ1) is 18.9. The van der Waals surface area contributed by atoms with Gasteiger partial charge in [0.25, 0.3) is 15.9 Å². The van der Waals surface area contributed by atoms with Gasteiger partial charge in [0.15, 0.2) is 0 Å². The number of benzene rings is 3. The smallest absolute Gasteiger partial charge is 0.269 e. The van der Waals surface area contributed by atoms with Crippen molar-refractivity contribution in [3.8, 4) is 0 Å². The fraction of sp³-hybridized carbons (Fsp3) is 0.300. The fourth-order valence-electron chi connectivity index (χ4n) is 4.59. The molecule has 3 aromatic carbocycles. The molecule has 3 amide bonds. The first kappa shape index (κ1) is 28.9. The third-order valence-electron chi connectivity index (χ3n) is 6.48. The molecule has 0 unspecified atom stereocenters. The van der Waals surface area contributed by atoms with E-state index in [0.717, 1.165) is 5.56 Å². The Morgan fingerprint density at radius 1 is 0.925 bits per heavy atom. The number of hydrogen-bond donors (Lipinski definition) is 1. The van der Waals surface area contributed by atoms with Crippen molar-refractivity contribution < 1.29 is 27.2 Å². The van der Waals surface area contributed by atoms with Crippen molar-refractivity contribution in [3.05, 3.63) is 101 Å². The van der Waals surface area contributed by atoms with Crippen molar-refractivity contribution in [3.63, 3.8) is 0 Å². The molecule has 1 aliphatic heterocycles. The van der Waals surface area contributed by atoms with Crippen LogP contribution in [-0.2, 0) is 32.6 Å². The SMILES string of the molecule is CC(C)(C)NC(=O)[C@H](Cc1ccccc1)N(Cc1ccc(F)cc1)C(=O)CCN1C(=O)c2ccccc2S1(=O)=O. The molecule has 0 saturated carbocycles. The predicted octanol–water partition coefficient (Wildman–Crippen LogP) is 3.92. The number of amides is 3. The van der Waals surface area contributed by atoms with E-state index >= 15 is 0 Å². The molecular formula is C30H32FN3O5S. The minimum Gasteiger partial charge on any atom is -0.350 e. The van der Waals surface area contributed by atoms with Gasteiger partial charge in [0.1, 0.15) is 16.8 Å². The molecule has 0 spiro atoms. The minimum atomic E-state index is -4.10. The summed E-state index contributed by atoms with van der Waals surface area (Å²) in [4.78, 5) is 41.6. The lowest BCUT2D eigenvalue weighted by Crippen LogP contribution is -2.54. The van der Waals surface area contributed by atoms with Gasteiger partial charge in [-0.3, -0.25) is 14.4 Å². The quantitative estimate of drug-likeness (QED) is 0.424. The topological polar surface area (TPSA) is 104 Å². The average molecular weight is 566 g/mol. The highest BCUT2D eigenvalue weighted by molar-refractivity contribution is 7.90. The summed E-state index contributed by atoms with van der Waals surface area (Å²) in [6, 6.07) is 19.8. The molecule has 0 fully saturated rings. The number of halogens is 1. The van der Waals surface area contributed by atoms with Gasteiger partial charge in [-0.1, -0.05) is 54.6 Å². The van der Waals surface area contributed by atoms with Crippen molar-refractivity contribution in [2.24, 2.45) is 0 Å². The van der Waals surface area contributed by atoms with Crippen LogP contribution in [-0.4, -0.2) is 53.5 Å². The Bertz CT molecular complexity index is 1500. The maximum Gasteiger partial charge on any atom is 0.269 e. The van der Waals surface area contributed by atoms with E-state index in [-0.39, 0.29) is 42.3 Å². The lowest BCUT2D eigenvalue weighted by atomic mass is 10.0. The zero-order valence-electron chi connectivity index (χ0n) is 22.6. The zero-order chi connectivity index (χ0) is 29.1. The standard InChI is InChI=1S/C30H32FN3O5S/c1-30(2,3)32-28(36)25(19-21-9-5-4-6-10-21)33(20-22-13-15-23(31)16-14-22)27(35)17-18-34-29(37)24-11-7-8-12-26(24)40(34,38)39/h4-16,25H,17-20H2,1-3H3,(H,32,36)/t25-/m0/s1. The van der Waals surface area contributed by atoms with E-state index in [4.69, 9.17) is 0 Å². The van der Waals surface area contributed by atoms with E-state index in [0.29, 0.717) is 9.87 Å². The molecule has 3 aromatic rings. The van der Waals surface area contributed by atoms with Gasteiger partial charge in [-0.25, -0.2) is 17.1 Å². The van der Waals surface area contributed by atoms with Crippen LogP contribution in [0.2, 0.25) is 0 Å². The van der Waals surface area contributed by atoms with Crippen molar-refractivity contribution in [1.29, 1.82) is 0 Å². The van der Waals surface area contributed by atoms with E-state index in [1.165, 1.54) is 47.4 Å². The summed E-state index contributed by atoms with van der Waals surface area (Å²) < 4.78 is 40.4. The van der Waals surface area contributed by atoms with Crippen LogP contribution in [0.25, 0.3) is 0 Å². The predicted molar refractivity (Wildman–Crippen MR) is 148 cm³/mol. The van der Waals surface area contributed by atoms with Crippen molar-refractivity contribution in [1.82, 2.24) is 14.5 Å². The second kappa shape index (κ2) is 11.6. The Balaban J connectivity index is 1.65. The number of carbonyl (C=O) groups is 3. The van der Waals surface area contributed by atoms with Gasteiger partial charge in [-0.15, -0.1) is 0 Å². The second-order valence-electron chi connectivity index (χ2n) is 10.7. The normalized spacial score (nSPS) is 14.9. The second-order valence-corrected chi connectivity index (χ2v) is 12.6. The van der Waals surface area contributed by atoms with Gasteiger partial charge in [0.05, 0.1) is 5.56 Å². The average Bonchev–Trinajstić information content (AvgIpc) is 3.10. The molecule has 1 N–H and O–H groups in total. The molecule has 1 aliphatic rings. The van der Waals surface area contributed by atoms with Gasteiger partial charge in [0.2, 0.25) is 11.8 Å². The van der Waals surface area contributed by atoms with E-state index in [2.05, 4.69) is 5.32 Å². The Labute approximate surface area is 233 Å². The summed E-state index contributed by atoms with van der Waals surface area (Å²) in [5.74, 6) is -2.04. The molecular weight excluding hydrogens is 533 g/mol. The molecule has 0 aromatic heterocycles. The highest BCUT2D eigenvalue weighted by Crippen LogP contribution is 2.30. The summed E-state index contributed by atoms with van der Waals surface area (Å²) in [7, 11) is -4.10. The molecule has 0 bridgehead atoms. The molecule has 40 heavy (non-hydrogen) atoms. The van der Waals surface area contributed by atoms with Crippen LogP contribution >= 0.6 is 0 Å². The van der Waals surface area contributed by atoms with Gasteiger partial charge in [-0.2, -0.15) is 0 Å². The Morgan fingerprint density at radius 2 is 1.55 bits per heavy atom. The fourth-order valence-corrected chi connectivity index (χ4v) is 6.16. The van der Waals surface area contributed by atoms with Crippen molar-refractivity contribution in [2.75, 3.05) is 6.54 Å². The number of rotatable bonds is 9. The maximum atomic E-state index is 13.8. The van der Waals surface area contributed by atoms with E-state index in [1.54, 1.807) is 6.07 Å². The highest BCUT2D eigenvalue weighted by Gasteiger charge is 2.41. The van der Waals surface area contributed by atoms with Crippen molar-refractivity contribution in [2.45, 2.75) is 56.6 Å². The third kappa shape index (κ3) is 6.56. The monoisotopic (exact) mass is 565 g/mol. The number of nitrogens with zero attached hydrogens (tertiary/aromatic N) is 2. The summed E-state index contributed by atoms with van der Waals surface area (Å²) in [6.45, 7) is 5.09. The number of sulfonamides is 1. The zero-order valence-corrected chi connectivity index (χ0v) is 23.4. The number of fused-ring (bicyclic) bond motifs is 1. The lowest BCUT2D eigenvalue weighted by Gasteiger charge is -2.34. The largest absolute Gasteiger partial charge is 0.350 e. The number of nitrogens with one attached hydrogen (secondary N) is 1. The highest BCUT2D eigenvalue weighted by atomic mass is 32.2. The van der Waals surface area contributed by atoms with Crippen LogP contribution in [0.15, 0.2) is 83.8 Å². The molecule has 210 valence electrons. The van der Waals surface area contributed by atoms with E-state index in [1.807, 2.05) is 51.1 Å². The number of carbonyl (C=O) groups excluding carboxylic acids is 3. The van der Waals surface area contributed by atoms with Crippen LogP contribution < -0.4 is 5.32 Å². The lowest BCUT2D eigenvalue weighted by molar-refractivity contribution is -0.142. The Hall–Kier alpha value is -4.05. The van der Waals surface area contributed by atoms with E-state index < -0.39 is 39.2 Å². The molecule has 4 rings (SSSR count). The van der Waals surface area contributed by atoms with Gasteiger partial charge in [-0.05, 0) is 56.2 Å². The van der Waals surface area contributed by atoms with Gasteiger partial charge < -0.3 is 10.2 Å². The first-order valence-electron chi connectivity index (χ1n) is 12.9. The third-order valence-corrected chi connectivity index (χ3v) is 8.32. The minimum absolute atomic E-state index is 0.0188. The van der Waals surface area contributed by atoms with Gasteiger partial charge in [0, 0.05) is 31.5 Å². The molecule has 0 aliphatic carbocycles. The van der Waals surface area contributed by atoms with E-state index in [9.17, 15) is 27.2 Å². The summed E-state index contributed by atoms with van der Waals surface area (Å²) in [5, 5.41) is 2.95. The molecule has 1 atom stereocenters. The first-order valence-corrected chi connectivity index (χ1v) is 14.4. The summed E-state index contributed by atoms with van der Waals surface area (Å²) in [5.41, 5.74) is 0.887. The Kier molecular flexibility index (Phi) is 8.39. The van der Waals surface area contributed by atoms with Crippen LogP contribution in [0.3, 0.4) is 0 Å². The van der Waals surface area contributed by atoms with Crippen LogP contribution in [0.5, 0.6) is 0 Å². The van der Waals surface area contributed by atoms with Crippen LogP contribution in [0.4, 0.5) is 4.39 Å². The molecule has 0 radical (unpaired) electrons. The van der Waals surface area contributed by atoms with Gasteiger partial charge >= 0.3 is 0 Å². The summed E-state index contributed by atoms with van der Waals surface area (Å²) in [6.07, 6.45) is -0.143. The Morgan fingerprint density at radius 3 is 2.17 bits per heavy atom. The maximum absolute atomic E-state index is 13.8. The molecule has 0 saturated heterocycles.